The molecule has 30 heavy (non-hydrogen) atoms. The molecule has 1 aromatic carbocycles. The molecule has 0 bridgehead atoms. The summed E-state index contributed by atoms with van der Waals surface area (Å²) < 4.78 is 31.4. The Kier molecular flexibility index (Phi) is 7.35. The second-order valence-electron chi connectivity index (χ2n) is 6.74. The highest BCUT2D eigenvalue weighted by atomic mass is 79.9. The quantitative estimate of drug-likeness (QED) is 0.357. The van der Waals surface area contributed by atoms with Gasteiger partial charge in [-0.3, -0.25) is 0 Å². The lowest BCUT2D eigenvalue weighted by molar-refractivity contribution is 0.228. The van der Waals surface area contributed by atoms with Crippen LogP contribution < -0.4 is 5.32 Å². The lowest BCUT2D eigenvalue weighted by Gasteiger charge is -2.09. The predicted octanol–water partition coefficient (Wildman–Crippen LogP) is 3.74. The van der Waals surface area contributed by atoms with Crippen molar-refractivity contribution in [2.24, 2.45) is 0 Å². The number of nitrogens with one attached hydrogen (secondary N) is 1. The Morgan fingerprint density at radius 3 is 2.80 bits per heavy atom. The van der Waals surface area contributed by atoms with Gasteiger partial charge in [0.15, 0.2) is 5.03 Å². The molecule has 10 heteroatoms. The minimum atomic E-state index is -3.77. The number of pyridine rings is 1. The molecular formula is C20H22BrN5O3S. The molecule has 3 rings (SSSR count). The summed E-state index contributed by atoms with van der Waals surface area (Å²) in [6.45, 7) is 1.30. The van der Waals surface area contributed by atoms with Crippen LogP contribution in [0.2, 0.25) is 0 Å². The summed E-state index contributed by atoms with van der Waals surface area (Å²) in [5.74, 6) is 0.487. The van der Waals surface area contributed by atoms with Crippen LogP contribution in [-0.4, -0.2) is 55.5 Å². The van der Waals surface area contributed by atoms with E-state index >= 15 is 0 Å². The summed E-state index contributed by atoms with van der Waals surface area (Å²) in [6.07, 6.45) is 4.81. The first-order valence-electron chi connectivity index (χ1n) is 9.16. The molecule has 0 unspecified atom stereocenters. The van der Waals surface area contributed by atoms with Crippen molar-refractivity contribution in [3.8, 4) is 0 Å². The van der Waals surface area contributed by atoms with Crippen molar-refractivity contribution in [2.45, 2.75) is 11.4 Å². The van der Waals surface area contributed by atoms with Gasteiger partial charge in [-0.25, -0.2) is 23.4 Å². The lowest BCUT2D eigenvalue weighted by atomic mass is 10.2. The largest absolute Gasteiger partial charge is 0.500 e. The molecule has 158 valence electrons. The molecule has 0 atom stereocenters. The van der Waals surface area contributed by atoms with Gasteiger partial charge < -0.3 is 15.0 Å². The monoisotopic (exact) mass is 491 g/mol. The predicted molar refractivity (Wildman–Crippen MR) is 120 cm³/mol. The fraction of sp³-hybridized carbons (Fsp3) is 0.250. The minimum absolute atomic E-state index is 0.102. The Morgan fingerprint density at radius 1 is 1.20 bits per heavy atom. The van der Waals surface area contributed by atoms with Crippen molar-refractivity contribution >= 4 is 48.2 Å². The van der Waals surface area contributed by atoms with E-state index in [0.717, 1.165) is 28.5 Å². The number of anilines is 2. The van der Waals surface area contributed by atoms with Gasteiger partial charge in [-0.2, -0.15) is 0 Å². The van der Waals surface area contributed by atoms with Gasteiger partial charge in [0, 0.05) is 22.1 Å². The van der Waals surface area contributed by atoms with Crippen LogP contribution in [0.3, 0.4) is 0 Å². The van der Waals surface area contributed by atoms with Gasteiger partial charge >= 0.3 is 0 Å². The topological polar surface area (TPSA) is 97.3 Å². The number of nitrogens with zero attached hydrogens (tertiary/aromatic N) is 4. The Balaban J connectivity index is 1.81. The minimum Gasteiger partial charge on any atom is -0.500 e. The van der Waals surface area contributed by atoms with E-state index in [2.05, 4.69) is 36.2 Å². The average Bonchev–Trinajstić information content (AvgIpc) is 2.70. The molecule has 0 radical (unpaired) electrons. The molecule has 0 aliphatic rings. The van der Waals surface area contributed by atoms with Gasteiger partial charge in [0.05, 0.1) is 30.0 Å². The molecule has 8 nitrogen and oxygen atoms in total. The zero-order valence-electron chi connectivity index (χ0n) is 16.6. The van der Waals surface area contributed by atoms with Gasteiger partial charge in [-0.05, 0) is 44.8 Å². The maximum atomic E-state index is 12.6. The number of hydrogen-bond donors (Lipinski definition) is 1. The summed E-state index contributed by atoms with van der Waals surface area (Å²) in [7, 11) is 0.165. The van der Waals surface area contributed by atoms with Gasteiger partial charge in [0.25, 0.3) is 0 Å². The van der Waals surface area contributed by atoms with Gasteiger partial charge in [-0.1, -0.05) is 22.0 Å². The van der Waals surface area contributed by atoms with Crippen molar-refractivity contribution in [2.75, 3.05) is 32.6 Å². The van der Waals surface area contributed by atoms with Crippen LogP contribution in [-0.2, 0) is 14.6 Å². The van der Waals surface area contributed by atoms with E-state index in [1.807, 2.05) is 43.3 Å². The van der Waals surface area contributed by atoms with E-state index < -0.39 is 9.84 Å². The van der Waals surface area contributed by atoms with Crippen molar-refractivity contribution in [3.63, 3.8) is 0 Å². The second kappa shape index (κ2) is 9.96. The smallest absolute Gasteiger partial charge is 0.220 e. The third-order valence-corrected chi connectivity index (χ3v) is 5.84. The number of aromatic nitrogens is 3. The summed E-state index contributed by atoms with van der Waals surface area (Å²) in [5.41, 5.74) is 1.34. The lowest BCUT2D eigenvalue weighted by Crippen LogP contribution is -2.14. The highest BCUT2D eigenvalue weighted by Crippen LogP contribution is 2.26. The Labute approximate surface area is 184 Å². The van der Waals surface area contributed by atoms with E-state index in [1.54, 1.807) is 0 Å². The van der Waals surface area contributed by atoms with Crippen LogP contribution in [0.1, 0.15) is 6.42 Å². The van der Waals surface area contributed by atoms with Gasteiger partial charge in [0.2, 0.25) is 9.84 Å². The van der Waals surface area contributed by atoms with Crippen LogP contribution in [0, 0.1) is 0 Å². The number of sulfone groups is 1. The first-order chi connectivity index (χ1) is 14.3. The number of rotatable bonds is 9. The molecule has 0 saturated heterocycles. The SMILES string of the molecule is CN(C)CCCO/C=C/S(=O)(=O)c1cc2c(Nc3cccc(Br)c3)ncnc2cn1. The number of fused-ring (bicyclic) bond motifs is 1. The van der Waals surface area contributed by atoms with E-state index in [-0.39, 0.29) is 5.03 Å². The molecule has 2 aromatic heterocycles. The number of hydrogen-bond acceptors (Lipinski definition) is 8. The van der Waals surface area contributed by atoms with E-state index in [1.165, 1.54) is 24.9 Å². The summed E-state index contributed by atoms with van der Waals surface area (Å²) in [6, 6.07) is 9.03. The highest BCUT2D eigenvalue weighted by Gasteiger charge is 2.15. The Hall–Kier alpha value is -2.56. The van der Waals surface area contributed by atoms with Crippen molar-refractivity contribution in [3.05, 3.63) is 59.0 Å². The molecule has 0 spiro atoms. The van der Waals surface area contributed by atoms with Crippen molar-refractivity contribution in [1.82, 2.24) is 19.9 Å². The Bertz CT molecular complexity index is 1150. The zero-order chi connectivity index (χ0) is 21.6. The summed E-state index contributed by atoms with van der Waals surface area (Å²) >= 11 is 3.43. The van der Waals surface area contributed by atoms with E-state index in [0.29, 0.717) is 23.3 Å². The van der Waals surface area contributed by atoms with E-state index in [4.69, 9.17) is 4.74 Å². The maximum Gasteiger partial charge on any atom is 0.220 e. The molecular weight excluding hydrogens is 470 g/mol. The summed E-state index contributed by atoms with van der Waals surface area (Å²) in [5, 5.41) is 4.65. The third kappa shape index (κ3) is 5.97. The number of halogens is 1. The fourth-order valence-corrected chi connectivity index (χ4v) is 3.86. The van der Waals surface area contributed by atoms with Crippen LogP contribution in [0.4, 0.5) is 11.5 Å². The fourth-order valence-electron chi connectivity index (χ4n) is 2.61. The molecule has 0 saturated carbocycles. The average molecular weight is 492 g/mol. The van der Waals surface area contributed by atoms with Crippen LogP contribution in [0.15, 0.2) is 64.0 Å². The molecule has 0 aliphatic carbocycles. The molecule has 1 N–H and O–H groups in total. The Morgan fingerprint density at radius 2 is 2.03 bits per heavy atom. The molecule has 3 aromatic rings. The van der Waals surface area contributed by atoms with Gasteiger partial charge in [-0.15, -0.1) is 0 Å². The molecule has 2 heterocycles. The van der Waals surface area contributed by atoms with Crippen LogP contribution >= 0.6 is 15.9 Å². The highest BCUT2D eigenvalue weighted by molar-refractivity contribution is 9.10. The zero-order valence-corrected chi connectivity index (χ0v) is 19.0. The van der Waals surface area contributed by atoms with Crippen LogP contribution in [0.25, 0.3) is 10.9 Å². The van der Waals surface area contributed by atoms with Gasteiger partial charge in [0.1, 0.15) is 12.1 Å². The molecule has 0 aliphatic heterocycles. The number of ether oxygens (including phenoxy) is 1. The van der Waals surface area contributed by atoms with Crippen LogP contribution in [0.5, 0.6) is 0 Å². The summed E-state index contributed by atoms with van der Waals surface area (Å²) in [4.78, 5) is 14.5. The molecule has 0 fully saturated rings. The first kappa shape index (κ1) is 22.1. The third-order valence-electron chi connectivity index (χ3n) is 4.07. The number of benzene rings is 1. The second-order valence-corrected chi connectivity index (χ2v) is 9.44. The standard InChI is InChI=1S/C20H22BrN5O3S/c1-26(2)7-4-8-29-9-10-30(27,28)19-12-17-18(13-22-19)23-14-24-20(17)25-16-6-3-5-15(21)11-16/h3,5-6,9-14H,4,7-8H2,1-2H3,(H,23,24,25)/b10-9+. The maximum absolute atomic E-state index is 12.6. The van der Waals surface area contributed by atoms with Crippen molar-refractivity contribution in [1.29, 1.82) is 0 Å². The van der Waals surface area contributed by atoms with Crippen molar-refractivity contribution < 1.29 is 13.2 Å². The first-order valence-corrected chi connectivity index (χ1v) is 11.5. The normalized spacial score (nSPS) is 12.0. The van der Waals surface area contributed by atoms with E-state index in [9.17, 15) is 8.42 Å². The molecule has 0 amide bonds.